The van der Waals surface area contributed by atoms with Crippen LogP contribution in [-0.2, 0) is 36.9 Å². The van der Waals surface area contributed by atoms with E-state index in [2.05, 4.69) is 21.3 Å². The van der Waals surface area contributed by atoms with Crippen molar-refractivity contribution in [3.8, 4) is 0 Å². The van der Waals surface area contributed by atoms with Crippen molar-refractivity contribution in [2.24, 2.45) is 0 Å². The Hall–Kier alpha value is -4.88. The molecule has 238 valence electrons. The van der Waals surface area contributed by atoms with Crippen LogP contribution in [0.2, 0.25) is 0 Å². The first kappa shape index (κ1) is 34.6. The number of benzene rings is 3. The molecule has 0 aromatic heterocycles. The van der Waals surface area contributed by atoms with E-state index in [1.54, 1.807) is 54.0 Å². The van der Waals surface area contributed by atoms with E-state index in [4.69, 9.17) is 9.94 Å². The number of carbonyl (C=O) groups excluding carboxylic acids is 5. The highest BCUT2D eigenvalue weighted by molar-refractivity contribution is 8.00. The summed E-state index contributed by atoms with van der Waals surface area (Å²) in [6.45, 7) is 1.81. The van der Waals surface area contributed by atoms with Gasteiger partial charge in [0.15, 0.2) is 0 Å². The molecule has 0 saturated carbocycles. The molecule has 1 unspecified atom stereocenters. The van der Waals surface area contributed by atoms with Gasteiger partial charge in [0.1, 0.15) is 18.7 Å². The first-order chi connectivity index (χ1) is 21.7. The van der Waals surface area contributed by atoms with Gasteiger partial charge in [-0.15, -0.1) is 11.8 Å². The van der Waals surface area contributed by atoms with Crippen molar-refractivity contribution in [1.82, 2.24) is 26.7 Å². The van der Waals surface area contributed by atoms with E-state index < -0.39 is 47.1 Å². The second-order valence-corrected chi connectivity index (χ2v) is 11.2. The summed E-state index contributed by atoms with van der Waals surface area (Å²) in [5.74, 6) is -2.45. The average molecular weight is 636 g/mol. The molecule has 13 heteroatoms. The maximum Gasteiger partial charge on any atom is 0.407 e. The van der Waals surface area contributed by atoms with Crippen molar-refractivity contribution in [3.63, 3.8) is 0 Å². The van der Waals surface area contributed by atoms with E-state index in [0.717, 1.165) is 27.8 Å². The minimum absolute atomic E-state index is 0.0922. The van der Waals surface area contributed by atoms with Gasteiger partial charge in [-0.25, -0.2) is 10.3 Å². The summed E-state index contributed by atoms with van der Waals surface area (Å²) in [5.41, 5.74) is 3.15. The quantitative estimate of drug-likeness (QED) is 0.0602. The van der Waals surface area contributed by atoms with Gasteiger partial charge in [0.05, 0.1) is 5.25 Å². The monoisotopic (exact) mass is 635 g/mol. The van der Waals surface area contributed by atoms with Gasteiger partial charge in [-0.2, -0.15) is 0 Å². The van der Waals surface area contributed by atoms with E-state index in [1.807, 2.05) is 42.5 Å². The molecule has 5 amide bonds. The van der Waals surface area contributed by atoms with Crippen LogP contribution in [-0.4, -0.2) is 65.4 Å². The Balaban J connectivity index is 1.56. The van der Waals surface area contributed by atoms with Crippen LogP contribution in [0.25, 0.3) is 0 Å². The Morgan fingerprint density at radius 1 is 0.733 bits per heavy atom. The lowest BCUT2D eigenvalue weighted by molar-refractivity contribution is -0.133. The van der Waals surface area contributed by atoms with E-state index in [0.29, 0.717) is 0 Å². The molecule has 0 radical (unpaired) electrons. The molecule has 3 aromatic carbocycles. The summed E-state index contributed by atoms with van der Waals surface area (Å²) in [5, 5.41) is 18.6. The third-order valence-corrected chi connectivity index (χ3v) is 7.59. The van der Waals surface area contributed by atoms with Crippen molar-refractivity contribution in [1.29, 1.82) is 0 Å². The van der Waals surface area contributed by atoms with Crippen molar-refractivity contribution in [2.75, 3.05) is 13.1 Å². The second kappa shape index (κ2) is 18.7. The molecule has 0 aliphatic heterocycles. The lowest BCUT2D eigenvalue weighted by atomic mass is 10.0. The highest BCUT2D eigenvalue weighted by Crippen LogP contribution is 2.25. The van der Waals surface area contributed by atoms with Gasteiger partial charge in [-0.3, -0.25) is 24.4 Å². The normalized spacial score (nSPS) is 12.5. The molecule has 0 spiro atoms. The topological polar surface area (TPSA) is 175 Å². The smallest absolute Gasteiger partial charge is 0.407 e. The maximum atomic E-state index is 13.4. The summed E-state index contributed by atoms with van der Waals surface area (Å²) in [7, 11) is 0. The van der Waals surface area contributed by atoms with Crippen LogP contribution in [0.15, 0.2) is 95.9 Å². The van der Waals surface area contributed by atoms with Crippen LogP contribution < -0.4 is 26.7 Å². The van der Waals surface area contributed by atoms with Gasteiger partial charge >= 0.3 is 6.09 Å². The zero-order valence-electron chi connectivity index (χ0n) is 24.7. The molecule has 0 heterocycles. The molecule has 3 atom stereocenters. The van der Waals surface area contributed by atoms with E-state index in [9.17, 15) is 24.0 Å². The SMILES string of the molecule is C[C@H](NC(=O)[C@H](Cc1ccccc1)NC(=O)C(CC(=O)NO)Sc1ccccc1)C(=O)NCCNC(=O)OCc1ccccc1. The van der Waals surface area contributed by atoms with Crippen LogP contribution in [0, 0.1) is 0 Å². The number of rotatable bonds is 16. The van der Waals surface area contributed by atoms with Gasteiger partial charge in [-0.05, 0) is 30.2 Å². The lowest BCUT2D eigenvalue weighted by Crippen LogP contribution is -2.55. The van der Waals surface area contributed by atoms with E-state index in [1.165, 1.54) is 6.92 Å². The minimum atomic E-state index is -1.08. The zero-order chi connectivity index (χ0) is 32.4. The average Bonchev–Trinajstić information content (AvgIpc) is 3.06. The zero-order valence-corrected chi connectivity index (χ0v) is 25.5. The maximum absolute atomic E-state index is 13.4. The standard InChI is InChI=1S/C32H37N5O7S/c1-22(29(39)33-17-18-34-32(42)44-21-24-13-7-3-8-14-24)35-30(40)26(19-23-11-5-2-6-12-23)36-31(41)27(20-28(38)37-43)45-25-15-9-4-10-16-25/h2-16,22,26-27,43H,17-21H2,1H3,(H,33,39)(H,34,42)(H,35,40)(H,36,41)(H,37,38)/t22-,26-,27?/m0/s1. The minimum Gasteiger partial charge on any atom is -0.445 e. The van der Waals surface area contributed by atoms with Crippen LogP contribution in [0.3, 0.4) is 0 Å². The molecule has 3 aromatic rings. The number of carbonyl (C=O) groups is 5. The number of thioether (sulfide) groups is 1. The molecule has 45 heavy (non-hydrogen) atoms. The van der Waals surface area contributed by atoms with Crippen LogP contribution in [0.1, 0.15) is 24.5 Å². The van der Waals surface area contributed by atoms with Crippen molar-refractivity contribution >= 4 is 41.5 Å². The molecular weight excluding hydrogens is 598 g/mol. The van der Waals surface area contributed by atoms with Gasteiger partial charge < -0.3 is 26.0 Å². The Morgan fingerprint density at radius 3 is 1.93 bits per heavy atom. The summed E-state index contributed by atoms with van der Waals surface area (Å²) < 4.78 is 5.13. The molecule has 0 aliphatic rings. The Bertz CT molecular complexity index is 1400. The number of nitrogens with one attached hydrogen (secondary N) is 5. The third kappa shape index (κ3) is 12.7. The van der Waals surface area contributed by atoms with E-state index >= 15 is 0 Å². The van der Waals surface area contributed by atoms with Gasteiger partial charge in [0, 0.05) is 30.8 Å². The number of alkyl carbamates (subject to hydrolysis) is 1. The molecule has 6 N–H and O–H groups in total. The first-order valence-electron chi connectivity index (χ1n) is 14.3. The van der Waals surface area contributed by atoms with Crippen molar-refractivity contribution in [3.05, 3.63) is 102 Å². The fraction of sp³-hybridized carbons (Fsp3) is 0.281. The molecule has 0 fully saturated rings. The first-order valence-corrected chi connectivity index (χ1v) is 15.1. The Labute approximate surface area is 265 Å². The fourth-order valence-corrected chi connectivity index (χ4v) is 5.10. The Kier molecular flexibility index (Phi) is 14.4. The summed E-state index contributed by atoms with van der Waals surface area (Å²) in [6, 6.07) is 25.1. The molecule has 3 rings (SSSR count). The number of hydrogen-bond donors (Lipinski definition) is 6. The lowest BCUT2D eigenvalue weighted by Gasteiger charge is -2.24. The fourth-order valence-electron chi connectivity index (χ4n) is 4.05. The number of amides is 5. The highest BCUT2D eigenvalue weighted by Gasteiger charge is 2.29. The van der Waals surface area contributed by atoms with Crippen LogP contribution >= 0.6 is 11.8 Å². The predicted octanol–water partition coefficient (Wildman–Crippen LogP) is 2.32. The summed E-state index contributed by atoms with van der Waals surface area (Å²) in [6.07, 6.45) is -0.848. The number of hydroxylamine groups is 1. The number of hydrogen-bond acceptors (Lipinski definition) is 8. The van der Waals surface area contributed by atoms with Crippen LogP contribution in [0.5, 0.6) is 0 Å². The molecule has 0 aliphatic carbocycles. The predicted molar refractivity (Wildman–Crippen MR) is 168 cm³/mol. The second-order valence-electron chi connectivity index (χ2n) is 9.92. The number of ether oxygens (including phenoxy) is 1. The summed E-state index contributed by atoms with van der Waals surface area (Å²) >= 11 is 1.12. The van der Waals surface area contributed by atoms with Gasteiger partial charge in [0.2, 0.25) is 23.6 Å². The third-order valence-electron chi connectivity index (χ3n) is 6.38. The van der Waals surface area contributed by atoms with Crippen LogP contribution in [0.4, 0.5) is 4.79 Å². The van der Waals surface area contributed by atoms with Crippen molar-refractivity contribution in [2.45, 2.75) is 48.6 Å². The summed E-state index contributed by atoms with van der Waals surface area (Å²) in [4.78, 5) is 64.0. The van der Waals surface area contributed by atoms with E-state index in [-0.39, 0.29) is 32.5 Å². The van der Waals surface area contributed by atoms with Crippen molar-refractivity contribution < 1.29 is 33.9 Å². The molecule has 0 bridgehead atoms. The van der Waals surface area contributed by atoms with Gasteiger partial charge in [-0.1, -0.05) is 78.9 Å². The molecule has 0 saturated heterocycles. The highest BCUT2D eigenvalue weighted by atomic mass is 32.2. The van der Waals surface area contributed by atoms with Gasteiger partial charge in [0.25, 0.3) is 0 Å². The molecular formula is C32H37N5O7S. The molecule has 12 nitrogen and oxygen atoms in total. The Morgan fingerprint density at radius 2 is 1.31 bits per heavy atom. The largest absolute Gasteiger partial charge is 0.445 e.